The van der Waals surface area contributed by atoms with Crippen molar-refractivity contribution in [3.05, 3.63) is 0 Å². The average Bonchev–Trinajstić information content (AvgIpc) is 2.28. The normalized spacial score (nSPS) is 34.5. The summed E-state index contributed by atoms with van der Waals surface area (Å²) in [5.74, 6) is 1.59. The van der Waals surface area contributed by atoms with Crippen molar-refractivity contribution in [2.45, 2.75) is 51.6 Å². The van der Waals surface area contributed by atoms with E-state index in [9.17, 15) is 5.11 Å². The van der Waals surface area contributed by atoms with E-state index in [0.717, 1.165) is 31.2 Å². The predicted molar refractivity (Wildman–Crippen MR) is 60.3 cm³/mol. The number of hydrogen-bond donors (Lipinski definition) is 2. The summed E-state index contributed by atoms with van der Waals surface area (Å²) in [6.45, 7) is 5.35. The second-order valence-corrected chi connectivity index (χ2v) is 5.19. The summed E-state index contributed by atoms with van der Waals surface area (Å²) >= 11 is 0. The Morgan fingerprint density at radius 1 is 1.36 bits per heavy atom. The van der Waals surface area contributed by atoms with Crippen molar-refractivity contribution in [1.29, 1.82) is 0 Å². The van der Waals surface area contributed by atoms with E-state index < -0.39 is 5.60 Å². The third-order valence-electron chi connectivity index (χ3n) is 3.65. The Morgan fingerprint density at radius 3 is 2.64 bits per heavy atom. The van der Waals surface area contributed by atoms with Crippen molar-refractivity contribution >= 4 is 0 Å². The first kappa shape index (κ1) is 12.0. The van der Waals surface area contributed by atoms with Gasteiger partial charge in [0.1, 0.15) is 0 Å². The van der Waals surface area contributed by atoms with Gasteiger partial charge in [-0.15, -0.1) is 0 Å². The highest BCUT2D eigenvalue weighted by atomic mass is 16.3. The van der Waals surface area contributed by atoms with Crippen LogP contribution in [0, 0.1) is 11.8 Å². The summed E-state index contributed by atoms with van der Waals surface area (Å²) in [5.41, 5.74) is -0.432. The fourth-order valence-electron chi connectivity index (χ4n) is 2.59. The van der Waals surface area contributed by atoms with Gasteiger partial charge in [-0.1, -0.05) is 26.7 Å². The molecule has 1 rings (SSSR count). The van der Waals surface area contributed by atoms with E-state index >= 15 is 0 Å². The molecule has 1 aliphatic rings. The SMILES string of the molecule is CNCC1(O)CCCC(C(C)C)CC1. The lowest BCUT2D eigenvalue weighted by atomic mass is 9.88. The van der Waals surface area contributed by atoms with Gasteiger partial charge >= 0.3 is 0 Å². The fraction of sp³-hybridized carbons (Fsp3) is 1.00. The molecule has 1 saturated carbocycles. The minimum Gasteiger partial charge on any atom is -0.389 e. The Morgan fingerprint density at radius 2 is 2.07 bits per heavy atom. The van der Waals surface area contributed by atoms with Crippen molar-refractivity contribution in [3.8, 4) is 0 Å². The lowest BCUT2D eigenvalue weighted by molar-refractivity contribution is 0.0256. The van der Waals surface area contributed by atoms with Gasteiger partial charge in [0, 0.05) is 6.54 Å². The molecule has 2 nitrogen and oxygen atoms in total. The maximum absolute atomic E-state index is 10.3. The van der Waals surface area contributed by atoms with Crippen LogP contribution in [0.4, 0.5) is 0 Å². The van der Waals surface area contributed by atoms with Gasteiger partial charge < -0.3 is 10.4 Å². The summed E-state index contributed by atoms with van der Waals surface area (Å²) in [5, 5.41) is 13.4. The van der Waals surface area contributed by atoms with Crippen LogP contribution in [-0.4, -0.2) is 24.3 Å². The number of nitrogens with one attached hydrogen (secondary N) is 1. The quantitative estimate of drug-likeness (QED) is 0.683. The molecule has 2 atom stereocenters. The highest BCUT2D eigenvalue weighted by Crippen LogP contribution is 2.33. The molecule has 0 aromatic carbocycles. The fourth-order valence-corrected chi connectivity index (χ4v) is 2.59. The summed E-state index contributed by atoms with van der Waals surface area (Å²) in [7, 11) is 1.92. The third kappa shape index (κ3) is 3.25. The number of rotatable bonds is 3. The molecule has 0 bridgehead atoms. The van der Waals surface area contributed by atoms with Crippen LogP contribution in [0.1, 0.15) is 46.0 Å². The Kier molecular flexibility index (Phi) is 4.39. The van der Waals surface area contributed by atoms with Gasteiger partial charge in [-0.25, -0.2) is 0 Å². The van der Waals surface area contributed by atoms with Gasteiger partial charge in [0.15, 0.2) is 0 Å². The highest BCUT2D eigenvalue weighted by Gasteiger charge is 2.30. The van der Waals surface area contributed by atoms with Crippen LogP contribution in [-0.2, 0) is 0 Å². The van der Waals surface area contributed by atoms with Gasteiger partial charge in [0.25, 0.3) is 0 Å². The van der Waals surface area contributed by atoms with Gasteiger partial charge in [-0.3, -0.25) is 0 Å². The van der Waals surface area contributed by atoms with Crippen LogP contribution in [0.25, 0.3) is 0 Å². The van der Waals surface area contributed by atoms with Crippen LogP contribution in [0.3, 0.4) is 0 Å². The molecule has 2 heteroatoms. The third-order valence-corrected chi connectivity index (χ3v) is 3.65. The second-order valence-electron chi connectivity index (χ2n) is 5.19. The molecule has 0 aromatic rings. The summed E-state index contributed by atoms with van der Waals surface area (Å²) in [6.07, 6.45) is 5.61. The predicted octanol–water partition coefficient (Wildman–Crippen LogP) is 2.17. The number of hydrogen-bond acceptors (Lipinski definition) is 2. The molecule has 2 N–H and O–H groups in total. The lowest BCUT2D eigenvalue weighted by Crippen LogP contribution is -2.38. The second kappa shape index (κ2) is 5.13. The van der Waals surface area contributed by atoms with Crippen LogP contribution >= 0.6 is 0 Å². The topological polar surface area (TPSA) is 32.3 Å². The first-order chi connectivity index (χ1) is 6.57. The van der Waals surface area contributed by atoms with E-state index in [1.165, 1.54) is 19.3 Å². The van der Waals surface area contributed by atoms with Gasteiger partial charge in [0.05, 0.1) is 5.60 Å². The molecule has 84 valence electrons. The van der Waals surface area contributed by atoms with E-state index in [2.05, 4.69) is 19.2 Å². The molecule has 1 fully saturated rings. The van der Waals surface area contributed by atoms with Crippen LogP contribution in [0.2, 0.25) is 0 Å². The monoisotopic (exact) mass is 199 g/mol. The molecular weight excluding hydrogens is 174 g/mol. The molecule has 0 aliphatic heterocycles. The lowest BCUT2D eigenvalue weighted by Gasteiger charge is -2.26. The van der Waals surface area contributed by atoms with Gasteiger partial charge in [-0.2, -0.15) is 0 Å². The molecule has 0 spiro atoms. The molecular formula is C12H25NO. The Hall–Kier alpha value is -0.0800. The van der Waals surface area contributed by atoms with E-state index in [1.807, 2.05) is 7.05 Å². The van der Waals surface area contributed by atoms with Gasteiger partial charge in [-0.05, 0) is 38.1 Å². The van der Waals surface area contributed by atoms with Crippen LogP contribution < -0.4 is 5.32 Å². The van der Waals surface area contributed by atoms with E-state index in [0.29, 0.717) is 0 Å². The summed E-state index contributed by atoms with van der Waals surface area (Å²) < 4.78 is 0. The van der Waals surface area contributed by atoms with Crippen molar-refractivity contribution in [1.82, 2.24) is 5.32 Å². The average molecular weight is 199 g/mol. The maximum atomic E-state index is 10.3. The van der Waals surface area contributed by atoms with Crippen molar-refractivity contribution in [3.63, 3.8) is 0 Å². The minimum absolute atomic E-state index is 0.432. The maximum Gasteiger partial charge on any atom is 0.0771 e. The zero-order valence-electron chi connectivity index (χ0n) is 9.84. The summed E-state index contributed by atoms with van der Waals surface area (Å²) in [6, 6.07) is 0. The molecule has 0 radical (unpaired) electrons. The zero-order chi connectivity index (χ0) is 10.6. The smallest absolute Gasteiger partial charge is 0.0771 e. The summed E-state index contributed by atoms with van der Waals surface area (Å²) in [4.78, 5) is 0. The molecule has 0 heterocycles. The highest BCUT2D eigenvalue weighted by molar-refractivity contribution is 4.85. The van der Waals surface area contributed by atoms with Crippen LogP contribution in [0.15, 0.2) is 0 Å². The molecule has 0 aromatic heterocycles. The van der Waals surface area contributed by atoms with E-state index in [1.54, 1.807) is 0 Å². The van der Waals surface area contributed by atoms with Crippen molar-refractivity contribution in [2.24, 2.45) is 11.8 Å². The minimum atomic E-state index is -0.432. The Balaban J connectivity index is 2.47. The zero-order valence-corrected chi connectivity index (χ0v) is 9.84. The van der Waals surface area contributed by atoms with Crippen molar-refractivity contribution < 1.29 is 5.11 Å². The number of aliphatic hydroxyl groups is 1. The van der Waals surface area contributed by atoms with E-state index in [-0.39, 0.29) is 0 Å². The van der Waals surface area contributed by atoms with E-state index in [4.69, 9.17) is 0 Å². The molecule has 2 unspecified atom stereocenters. The van der Waals surface area contributed by atoms with Gasteiger partial charge in [0.2, 0.25) is 0 Å². The standard InChI is InChI=1S/C12H25NO/c1-10(2)11-5-4-7-12(14,8-6-11)9-13-3/h10-11,13-14H,4-9H2,1-3H3. The van der Waals surface area contributed by atoms with Crippen LogP contribution in [0.5, 0.6) is 0 Å². The molecule has 1 aliphatic carbocycles. The first-order valence-corrected chi connectivity index (χ1v) is 5.94. The largest absolute Gasteiger partial charge is 0.389 e. The molecule has 0 saturated heterocycles. The molecule has 0 amide bonds. The molecule has 14 heavy (non-hydrogen) atoms. The van der Waals surface area contributed by atoms with Crippen molar-refractivity contribution in [2.75, 3.05) is 13.6 Å². The Bertz CT molecular complexity index is 170. The number of likely N-dealkylation sites (N-methyl/N-ethyl adjacent to an activating group) is 1. The first-order valence-electron chi connectivity index (χ1n) is 5.94. The Labute approximate surface area is 88.1 Å².